The molecule has 2 heterocycles. The van der Waals surface area contributed by atoms with E-state index in [0.717, 1.165) is 0 Å². The summed E-state index contributed by atoms with van der Waals surface area (Å²) in [6.07, 6.45) is 1.25. The summed E-state index contributed by atoms with van der Waals surface area (Å²) in [4.78, 5) is 3.39. The third kappa shape index (κ3) is 3.00. The summed E-state index contributed by atoms with van der Waals surface area (Å²) in [5.74, 6) is 3.07. The molecule has 1 aromatic carbocycles. The van der Waals surface area contributed by atoms with Gasteiger partial charge >= 0.3 is 0 Å². The van der Waals surface area contributed by atoms with E-state index in [0.29, 0.717) is 10.7 Å². The number of hydrogen-bond donors (Lipinski definition) is 0. The van der Waals surface area contributed by atoms with Crippen molar-refractivity contribution in [1.29, 1.82) is 0 Å². The van der Waals surface area contributed by atoms with Gasteiger partial charge in [-0.15, -0.1) is 11.3 Å². The number of aryl methyl sites for hydroxylation is 1. The maximum absolute atomic E-state index is 3.89. The van der Waals surface area contributed by atoms with Crippen molar-refractivity contribution < 1.29 is 0 Å². The molecule has 0 N–H and O–H groups in total. The van der Waals surface area contributed by atoms with Crippen molar-refractivity contribution in [2.24, 2.45) is 0 Å². The third-order valence-corrected chi connectivity index (χ3v) is 7.43. The van der Waals surface area contributed by atoms with Gasteiger partial charge in [0.15, 0.2) is 0 Å². The summed E-state index contributed by atoms with van der Waals surface area (Å²) in [6.45, 7) is 4.48. The van der Waals surface area contributed by atoms with Crippen LogP contribution in [0.25, 0.3) is 0 Å². The highest BCUT2D eigenvalue weighted by Gasteiger charge is 2.18. The zero-order valence-electron chi connectivity index (χ0n) is 11.9. The Labute approximate surface area is 138 Å². The number of benzene rings is 1. The number of alkyl halides is 1. The highest BCUT2D eigenvalue weighted by molar-refractivity contribution is 9.09. The van der Waals surface area contributed by atoms with Crippen molar-refractivity contribution in [2.45, 2.75) is 36.8 Å². The molecule has 0 radical (unpaired) electrons. The third-order valence-electron chi connectivity index (χ3n) is 3.79. The first-order chi connectivity index (χ1) is 9.65. The lowest BCUT2D eigenvalue weighted by molar-refractivity contribution is 0.865. The van der Waals surface area contributed by atoms with Crippen LogP contribution in [-0.2, 0) is 12.2 Å². The molecule has 0 nitrogen and oxygen atoms in total. The Kier molecular flexibility index (Phi) is 4.58. The zero-order valence-corrected chi connectivity index (χ0v) is 15.1. The molecular formula is C17H19BrS2. The number of thiophene rings is 1. The second-order valence-corrected chi connectivity index (χ2v) is 8.77. The summed E-state index contributed by atoms with van der Waals surface area (Å²) >= 11 is 7.93. The molecule has 0 fully saturated rings. The lowest BCUT2D eigenvalue weighted by Gasteiger charge is -2.10. The van der Waals surface area contributed by atoms with Crippen LogP contribution in [0.4, 0.5) is 0 Å². The van der Waals surface area contributed by atoms with Gasteiger partial charge in [-0.3, -0.25) is 0 Å². The van der Waals surface area contributed by atoms with Gasteiger partial charge < -0.3 is 0 Å². The van der Waals surface area contributed by atoms with Crippen LogP contribution < -0.4 is 0 Å². The lowest BCUT2D eigenvalue weighted by Crippen LogP contribution is -1.96. The zero-order chi connectivity index (χ0) is 14.1. The van der Waals surface area contributed by atoms with Crippen LogP contribution in [0, 0.1) is 0 Å². The normalized spacial score (nSPS) is 16.2. The maximum Gasteiger partial charge on any atom is 0.0738 e. The predicted octanol–water partition coefficient (Wildman–Crippen LogP) is 6.15. The molecule has 0 amide bonds. The Balaban J connectivity index is 1.84. The van der Waals surface area contributed by atoms with Gasteiger partial charge in [0.05, 0.1) is 4.83 Å². The Morgan fingerprint density at radius 2 is 1.80 bits per heavy atom. The average molecular weight is 367 g/mol. The summed E-state index contributed by atoms with van der Waals surface area (Å²) in [7, 11) is 0. The van der Waals surface area contributed by atoms with Crippen molar-refractivity contribution in [2.75, 3.05) is 5.75 Å². The van der Waals surface area contributed by atoms with E-state index in [1.165, 1.54) is 33.9 Å². The molecule has 1 aliphatic rings. The van der Waals surface area contributed by atoms with Gasteiger partial charge in [-0.2, -0.15) is 11.8 Å². The van der Waals surface area contributed by atoms with Crippen molar-refractivity contribution in [1.82, 2.24) is 0 Å². The van der Waals surface area contributed by atoms with Crippen molar-refractivity contribution >= 4 is 39.0 Å². The molecule has 1 unspecified atom stereocenters. The van der Waals surface area contributed by atoms with Gasteiger partial charge in [0.25, 0.3) is 0 Å². The Bertz CT molecular complexity index is 560. The molecule has 0 spiro atoms. The molecule has 1 atom stereocenters. The molecule has 20 heavy (non-hydrogen) atoms. The fourth-order valence-electron chi connectivity index (χ4n) is 2.51. The lowest BCUT2D eigenvalue weighted by atomic mass is 10.0. The van der Waals surface area contributed by atoms with E-state index in [4.69, 9.17) is 0 Å². The number of hydrogen-bond acceptors (Lipinski definition) is 2. The highest BCUT2D eigenvalue weighted by Crippen LogP contribution is 2.40. The minimum Gasteiger partial charge on any atom is -0.157 e. The first kappa shape index (κ1) is 14.7. The molecular weight excluding hydrogens is 348 g/mol. The van der Waals surface area contributed by atoms with E-state index < -0.39 is 0 Å². The van der Waals surface area contributed by atoms with Gasteiger partial charge in [-0.25, -0.2) is 0 Å². The van der Waals surface area contributed by atoms with Crippen molar-refractivity contribution in [3.63, 3.8) is 0 Å². The van der Waals surface area contributed by atoms with E-state index in [2.05, 4.69) is 71.9 Å². The molecule has 2 aromatic rings. The maximum atomic E-state index is 3.89. The Hall–Kier alpha value is -0.250. The topological polar surface area (TPSA) is 0 Å². The van der Waals surface area contributed by atoms with Crippen LogP contribution in [0.3, 0.4) is 0 Å². The highest BCUT2D eigenvalue weighted by atomic mass is 79.9. The van der Waals surface area contributed by atoms with Crippen LogP contribution in [-0.4, -0.2) is 5.75 Å². The predicted molar refractivity (Wildman–Crippen MR) is 95.5 cm³/mol. The second-order valence-electron chi connectivity index (χ2n) is 5.58. The van der Waals surface area contributed by atoms with E-state index in [1.54, 1.807) is 10.4 Å². The smallest absolute Gasteiger partial charge is 0.0738 e. The van der Waals surface area contributed by atoms with Crippen molar-refractivity contribution in [3.05, 3.63) is 56.8 Å². The first-order valence-electron chi connectivity index (χ1n) is 7.08. The van der Waals surface area contributed by atoms with Gasteiger partial charge in [-0.1, -0.05) is 54.0 Å². The molecule has 3 heteroatoms. The second kappa shape index (κ2) is 6.25. The van der Waals surface area contributed by atoms with Gasteiger partial charge in [0, 0.05) is 15.5 Å². The molecule has 1 aromatic heterocycles. The molecule has 0 aliphatic carbocycles. The van der Waals surface area contributed by atoms with E-state index in [9.17, 15) is 0 Å². The molecule has 0 saturated carbocycles. The minimum absolute atomic E-state index is 0.337. The molecule has 0 bridgehead atoms. The Morgan fingerprint density at radius 3 is 2.45 bits per heavy atom. The summed E-state index contributed by atoms with van der Waals surface area (Å²) in [6, 6.07) is 11.5. The van der Waals surface area contributed by atoms with E-state index >= 15 is 0 Å². The van der Waals surface area contributed by atoms with Crippen LogP contribution in [0.5, 0.6) is 0 Å². The molecule has 106 valence electrons. The fourth-order valence-corrected chi connectivity index (χ4v) is 5.61. The van der Waals surface area contributed by atoms with Crippen LogP contribution in [0.1, 0.15) is 51.0 Å². The van der Waals surface area contributed by atoms with E-state index in [1.807, 2.05) is 11.3 Å². The van der Waals surface area contributed by atoms with Crippen LogP contribution in [0.2, 0.25) is 0 Å². The number of thioether (sulfide) groups is 1. The number of halogens is 1. The van der Waals surface area contributed by atoms with Gasteiger partial charge in [0.1, 0.15) is 0 Å². The SMILES string of the molecule is CC(C)c1ccc(C(Br)c2cc3c(s2)CCSC3)cc1. The van der Waals surface area contributed by atoms with Gasteiger partial charge in [0.2, 0.25) is 0 Å². The molecule has 3 rings (SSSR count). The van der Waals surface area contributed by atoms with E-state index in [-0.39, 0.29) is 0 Å². The summed E-state index contributed by atoms with van der Waals surface area (Å²) < 4.78 is 0. The standard InChI is InChI=1S/C17H19BrS2/c1-11(2)12-3-5-13(6-4-12)17(18)16-9-14-10-19-8-7-15(14)20-16/h3-6,9,11,17H,7-8,10H2,1-2H3. The number of rotatable bonds is 3. The number of fused-ring (bicyclic) bond motifs is 1. The summed E-state index contributed by atoms with van der Waals surface area (Å²) in [5, 5.41) is 0. The molecule has 0 saturated heterocycles. The minimum atomic E-state index is 0.337. The molecule has 1 aliphatic heterocycles. The van der Waals surface area contributed by atoms with Crippen LogP contribution in [0.15, 0.2) is 30.3 Å². The fraction of sp³-hybridized carbons (Fsp3) is 0.412. The average Bonchev–Trinajstić information content (AvgIpc) is 2.90. The Morgan fingerprint density at radius 1 is 1.10 bits per heavy atom. The monoisotopic (exact) mass is 366 g/mol. The van der Waals surface area contributed by atoms with Crippen LogP contribution >= 0.6 is 39.0 Å². The van der Waals surface area contributed by atoms with Gasteiger partial charge in [-0.05, 0) is 40.8 Å². The first-order valence-corrected chi connectivity index (χ1v) is 9.97. The summed E-state index contributed by atoms with van der Waals surface area (Å²) in [5.41, 5.74) is 4.33. The van der Waals surface area contributed by atoms with Crippen molar-refractivity contribution in [3.8, 4) is 0 Å². The quantitative estimate of drug-likeness (QED) is 0.587. The largest absolute Gasteiger partial charge is 0.157 e.